The van der Waals surface area contributed by atoms with Gasteiger partial charge in [0.25, 0.3) is 5.91 Å². The summed E-state index contributed by atoms with van der Waals surface area (Å²) in [6, 6.07) is 9.51. The Morgan fingerprint density at radius 2 is 1.81 bits per heavy atom. The highest BCUT2D eigenvalue weighted by Crippen LogP contribution is 2.64. The normalized spacial score (nSPS) is 28.1. The fourth-order valence-electron chi connectivity index (χ4n) is 6.66. The molecule has 1 amide bonds. The van der Waals surface area contributed by atoms with Crippen LogP contribution in [-0.2, 0) is 25.6 Å². The first-order valence-corrected chi connectivity index (χ1v) is 13.7. The molecule has 1 aromatic carbocycles. The van der Waals surface area contributed by atoms with E-state index in [9.17, 15) is 14.4 Å². The van der Waals surface area contributed by atoms with Gasteiger partial charge in [-0.3, -0.25) is 14.5 Å². The number of carbonyl (C=O) groups excluding carboxylic acids is 3. The minimum absolute atomic E-state index is 0.243. The second-order valence-electron chi connectivity index (χ2n) is 10.6. The Balaban J connectivity index is 1.33. The number of nitrogens with zero attached hydrogens (tertiary/aromatic N) is 2. The monoisotopic (exact) mass is 530 g/mol. The van der Waals surface area contributed by atoms with Crippen LogP contribution < -0.4 is 4.90 Å². The molecule has 0 N–H and O–H groups in total. The summed E-state index contributed by atoms with van der Waals surface area (Å²) in [6.07, 6.45) is 5.30. The third-order valence-corrected chi connectivity index (χ3v) is 9.31. The Kier molecular flexibility index (Phi) is 6.85. The second-order valence-corrected chi connectivity index (χ2v) is 12.3. The summed E-state index contributed by atoms with van der Waals surface area (Å²) in [7, 11) is 0. The molecule has 0 saturated heterocycles. The molecule has 2 atom stereocenters. The zero-order valence-corrected chi connectivity index (χ0v) is 22.2. The molecule has 0 radical (unpaired) electrons. The highest BCUT2D eigenvalue weighted by atomic mass is 35.5. The van der Waals surface area contributed by atoms with Crippen LogP contribution >= 0.6 is 22.9 Å². The molecule has 36 heavy (non-hydrogen) atoms. The number of rotatable bonds is 8. The van der Waals surface area contributed by atoms with Crippen molar-refractivity contribution >= 4 is 45.9 Å². The molecule has 4 saturated carbocycles. The molecule has 4 aliphatic rings. The lowest BCUT2D eigenvalue weighted by Crippen LogP contribution is -2.56. The van der Waals surface area contributed by atoms with Gasteiger partial charge in [0, 0.05) is 4.87 Å². The summed E-state index contributed by atoms with van der Waals surface area (Å²) >= 11 is 7.99. The van der Waals surface area contributed by atoms with E-state index in [2.05, 4.69) is 4.98 Å². The molecule has 0 spiro atoms. The van der Waals surface area contributed by atoms with Gasteiger partial charge in [-0.1, -0.05) is 41.7 Å². The number of carbonyl (C=O) groups is 3. The van der Waals surface area contributed by atoms with Gasteiger partial charge in [0.15, 0.2) is 11.7 Å². The maximum atomic E-state index is 13.4. The first kappa shape index (κ1) is 25.2. The van der Waals surface area contributed by atoms with Crippen molar-refractivity contribution in [2.24, 2.45) is 17.3 Å². The number of hydrogen-bond donors (Lipinski definition) is 0. The van der Waals surface area contributed by atoms with Crippen molar-refractivity contribution in [3.63, 3.8) is 0 Å². The molecule has 4 fully saturated rings. The summed E-state index contributed by atoms with van der Waals surface area (Å²) in [6.45, 7) is 3.57. The summed E-state index contributed by atoms with van der Waals surface area (Å²) in [5, 5.41) is 0.370. The predicted octanol–water partition coefficient (Wildman–Crippen LogP) is 5.28. The number of thiazole rings is 1. The maximum absolute atomic E-state index is 13.4. The molecule has 4 bridgehead atoms. The lowest BCUT2D eigenvalue weighted by molar-refractivity contribution is -0.171. The zero-order chi connectivity index (χ0) is 25.5. The Labute approximate surface area is 220 Å². The van der Waals surface area contributed by atoms with E-state index < -0.39 is 11.4 Å². The van der Waals surface area contributed by atoms with Gasteiger partial charge in [0.2, 0.25) is 0 Å². The van der Waals surface area contributed by atoms with Gasteiger partial charge in [-0.15, -0.1) is 11.6 Å². The molecule has 2 aromatic rings. The molecule has 0 aliphatic heterocycles. The van der Waals surface area contributed by atoms with Crippen LogP contribution in [-0.4, -0.2) is 40.9 Å². The molecular weight excluding hydrogens is 500 g/mol. The molecular formula is C27H31ClN2O5S. The second kappa shape index (κ2) is 9.78. The largest absolute Gasteiger partial charge is 0.462 e. The number of anilines is 1. The fraction of sp³-hybridized carbons (Fsp3) is 0.556. The highest BCUT2D eigenvalue weighted by Gasteiger charge is 2.60. The van der Waals surface area contributed by atoms with E-state index in [1.54, 1.807) is 13.8 Å². The zero-order valence-electron chi connectivity index (χ0n) is 20.6. The van der Waals surface area contributed by atoms with Crippen LogP contribution in [0.5, 0.6) is 0 Å². The smallest absolute Gasteiger partial charge is 0.350 e. The van der Waals surface area contributed by atoms with Gasteiger partial charge >= 0.3 is 11.9 Å². The van der Waals surface area contributed by atoms with Crippen LogP contribution in [0.3, 0.4) is 0 Å². The van der Waals surface area contributed by atoms with Crippen molar-refractivity contribution in [3.8, 4) is 0 Å². The number of aromatic nitrogens is 1. The first-order chi connectivity index (χ1) is 17.2. The Bertz CT molecular complexity index is 1150. The van der Waals surface area contributed by atoms with E-state index in [4.69, 9.17) is 21.1 Å². The Morgan fingerprint density at radius 3 is 2.44 bits per heavy atom. The molecule has 6 rings (SSSR count). The van der Waals surface area contributed by atoms with Crippen LogP contribution in [0, 0.1) is 24.2 Å². The summed E-state index contributed by atoms with van der Waals surface area (Å²) in [5.41, 5.74) is 0.816. The average Bonchev–Trinajstić information content (AvgIpc) is 3.21. The molecule has 192 valence electrons. The molecule has 2 unspecified atom stereocenters. The van der Waals surface area contributed by atoms with Crippen LogP contribution in [0.4, 0.5) is 5.13 Å². The van der Waals surface area contributed by atoms with Crippen molar-refractivity contribution in [1.29, 1.82) is 0 Å². The SMILES string of the molecule is CCOC(=O)c1sc(N(Cc2ccccc2)C(=O)COC(=O)C23CC4CC(CC(Cl)(C4)C2)C3)nc1C. The summed E-state index contributed by atoms with van der Waals surface area (Å²) < 4.78 is 10.8. The van der Waals surface area contributed by atoms with Crippen molar-refractivity contribution in [2.75, 3.05) is 18.1 Å². The number of amides is 1. The predicted molar refractivity (Wildman–Crippen MR) is 137 cm³/mol. The number of benzene rings is 1. The van der Waals surface area contributed by atoms with E-state index in [0.717, 1.165) is 49.0 Å². The van der Waals surface area contributed by atoms with E-state index in [-0.39, 0.29) is 36.5 Å². The quantitative estimate of drug-likeness (QED) is 0.341. The Hall–Kier alpha value is -2.45. The van der Waals surface area contributed by atoms with Gasteiger partial charge in [-0.2, -0.15) is 0 Å². The van der Waals surface area contributed by atoms with Crippen LogP contribution in [0.15, 0.2) is 30.3 Å². The van der Waals surface area contributed by atoms with E-state index in [0.29, 0.717) is 34.0 Å². The van der Waals surface area contributed by atoms with E-state index in [1.807, 2.05) is 30.3 Å². The lowest BCUT2D eigenvalue weighted by atomic mass is 9.49. The summed E-state index contributed by atoms with van der Waals surface area (Å²) in [4.78, 5) is 45.1. The average molecular weight is 531 g/mol. The van der Waals surface area contributed by atoms with Crippen molar-refractivity contribution < 1.29 is 23.9 Å². The first-order valence-electron chi connectivity index (χ1n) is 12.6. The minimum Gasteiger partial charge on any atom is -0.462 e. The number of esters is 2. The maximum Gasteiger partial charge on any atom is 0.350 e. The topological polar surface area (TPSA) is 85.8 Å². The van der Waals surface area contributed by atoms with Crippen LogP contribution in [0.1, 0.15) is 66.4 Å². The third-order valence-electron chi connectivity index (χ3n) is 7.71. The fourth-order valence-corrected chi connectivity index (χ4v) is 8.33. The molecule has 4 aliphatic carbocycles. The van der Waals surface area contributed by atoms with Crippen molar-refractivity contribution in [3.05, 3.63) is 46.5 Å². The van der Waals surface area contributed by atoms with Crippen molar-refractivity contribution in [2.45, 2.75) is 63.8 Å². The third kappa shape index (κ3) is 4.90. The Morgan fingerprint density at radius 1 is 1.11 bits per heavy atom. The van der Waals surface area contributed by atoms with Gasteiger partial charge in [-0.25, -0.2) is 9.78 Å². The van der Waals surface area contributed by atoms with Gasteiger partial charge < -0.3 is 9.47 Å². The number of aryl methyl sites for hydroxylation is 1. The number of ether oxygens (including phenoxy) is 2. The minimum atomic E-state index is -0.578. The number of alkyl halides is 1. The number of hydrogen-bond acceptors (Lipinski definition) is 7. The standard InChI is InChI=1S/C27H31ClN2O5S/c1-3-34-23(32)22-17(2)29-25(36-22)30(14-18-7-5-4-6-8-18)21(31)15-35-24(33)26-10-19-9-20(11-26)13-27(28,12-19)16-26/h4-8,19-20H,3,9-16H2,1-2H3. The van der Waals surface area contributed by atoms with Gasteiger partial charge in [0.1, 0.15) is 4.88 Å². The molecule has 1 aromatic heterocycles. The van der Waals surface area contributed by atoms with E-state index in [1.165, 1.54) is 4.90 Å². The van der Waals surface area contributed by atoms with Crippen LogP contribution in [0.25, 0.3) is 0 Å². The van der Waals surface area contributed by atoms with Gasteiger partial charge in [0.05, 0.1) is 24.3 Å². The molecule has 1 heterocycles. The van der Waals surface area contributed by atoms with E-state index >= 15 is 0 Å². The van der Waals surface area contributed by atoms with Crippen molar-refractivity contribution in [1.82, 2.24) is 4.98 Å². The highest BCUT2D eigenvalue weighted by molar-refractivity contribution is 7.17. The van der Waals surface area contributed by atoms with Crippen LogP contribution in [0.2, 0.25) is 0 Å². The molecule has 7 nitrogen and oxygen atoms in total. The lowest BCUT2D eigenvalue weighted by Gasteiger charge is -2.58. The molecule has 9 heteroatoms. The summed E-state index contributed by atoms with van der Waals surface area (Å²) in [5.74, 6) is -0.240. The number of halogens is 1. The van der Waals surface area contributed by atoms with Gasteiger partial charge in [-0.05, 0) is 69.8 Å².